The lowest BCUT2D eigenvalue weighted by Crippen LogP contribution is -2.14. The van der Waals surface area contributed by atoms with Crippen LogP contribution in [0.2, 0.25) is 0 Å². The van der Waals surface area contributed by atoms with E-state index >= 15 is 0 Å². The van der Waals surface area contributed by atoms with E-state index in [0.29, 0.717) is 0 Å². The van der Waals surface area contributed by atoms with Crippen molar-refractivity contribution in [2.24, 2.45) is 0 Å². The molecule has 16 heavy (non-hydrogen) atoms. The van der Waals surface area contributed by atoms with Gasteiger partial charge in [0, 0.05) is 5.56 Å². The number of carbonyl (C=O) groups is 1. The summed E-state index contributed by atoms with van der Waals surface area (Å²) in [5, 5.41) is 2.37. The van der Waals surface area contributed by atoms with Gasteiger partial charge in [-0.15, -0.1) is 0 Å². The van der Waals surface area contributed by atoms with E-state index in [2.05, 4.69) is 32.9 Å². The molecule has 2 aromatic carbocycles. The van der Waals surface area contributed by atoms with E-state index < -0.39 is 0 Å². The fourth-order valence-corrected chi connectivity index (χ4v) is 2.22. The van der Waals surface area contributed by atoms with Crippen LogP contribution >= 0.6 is 0 Å². The summed E-state index contributed by atoms with van der Waals surface area (Å²) in [4.78, 5) is 11.1. The summed E-state index contributed by atoms with van der Waals surface area (Å²) in [6.45, 7) is 6.42. The van der Waals surface area contributed by atoms with Crippen molar-refractivity contribution in [1.29, 1.82) is 0 Å². The van der Waals surface area contributed by atoms with Gasteiger partial charge in [0.25, 0.3) is 0 Å². The van der Waals surface area contributed by atoms with Crippen LogP contribution in [0.5, 0.6) is 0 Å². The number of hydrogen-bond donors (Lipinski definition) is 0. The minimum Gasteiger partial charge on any atom is -0.298 e. The number of benzene rings is 2. The summed E-state index contributed by atoms with van der Waals surface area (Å²) in [5.41, 5.74) is 1.92. The first-order chi connectivity index (χ1) is 7.54. The van der Waals surface area contributed by atoms with E-state index in [1.807, 2.05) is 24.3 Å². The first kappa shape index (κ1) is 10.9. The molecular weight excluding hydrogens is 196 g/mol. The van der Waals surface area contributed by atoms with E-state index in [0.717, 1.165) is 17.4 Å². The molecule has 2 aromatic rings. The molecule has 0 saturated heterocycles. The lowest BCUT2D eigenvalue weighted by atomic mass is 9.81. The molecular formula is C15H16O. The first-order valence-electron chi connectivity index (χ1n) is 5.51. The highest BCUT2D eigenvalue weighted by Gasteiger charge is 2.20. The maximum atomic E-state index is 11.1. The van der Waals surface area contributed by atoms with Gasteiger partial charge >= 0.3 is 0 Å². The first-order valence-corrected chi connectivity index (χ1v) is 5.51. The van der Waals surface area contributed by atoms with Crippen molar-refractivity contribution in [2.75, 3.05) is 0 Å². The minimum atomic E-state index is -0.0168. The molecule has 0 N–H and O–H groups in total. The summed E-state index contributed by atoms with van der Waals surface area (Å²) < 4.78 is 0. The van der Waals surface area contributed by atoms with Crippen molar-refractivity contribution in [3.05, 3.63) is 47.5 Å². The minimum absolute atomic E-state index is 0.0168. The van der Waals surface area contributed by atoms with Crippen LogP contribution in [0.3, 0.4) is 0 Å². The van der Waals surface area contributed by atoms with Crippen LogP contribution in [-0.4, -0.2) is 6.29 Å². The third-order valence-electron chi connectivity index (χ3n) is 2.84. The van der Waals surface area contributed by atoms with Crippen LogP contribution in [0, 0.1) is 0 Å². The van der Waals surface area contributed by atoms with E-state index in [9.17, 15) is 4.79 Å². The molecule has 0 aromatic heterocycles. The summed E-state index contributed by atoms with van der Waals surface area (Å²) in [6, 6.07) is 12.1. The Bertz CT molecular complexity index is 533. The normalized spacial score (nSPS) is 11.7. The Morgan fingerprint density at radius 1 is 1.00 bits per heavy atom. The third-order valence-corrected chi connectivity index (χ3v) is 2.84. The van der Waals surface area contributed by atoms with Gasteiger partial charge in [-0.05, 0) is 21.8 Å². The Hall–Kier alpha value is -1.63. The molecule has 0 atom stereocenters. The summed E-state index contributed by atoms with van der Waals surface area (Å²) in [5.74, 6) is 0. The Labute approximate surface area is 96.1 Å². The fourth-order valence-electron chi connectivity index (χ4n) is 2.22. The SMILES string of the molecule is CC(C)(C)c1c(C=O)ccc2ccccc12. The summed E-state index contributed by atoms with van der Waals surface area (Å²) in [6.07, 6.45) is 0.951. The van der Waals surface area contributed by atoms with Crippen LogP contribution < -0.4 is 0 Å². The largest absolute Gasteiger partial charge is 0.298 e. The van der Waals surface area contributed by atoms with Gasteiger partial charge in [-0.1, -0.05) is 57.2 Å². The smallest absolute Gasteiger partial charge is 0.150 e. The Morgan fingerprint density at radius 2 is 1.69 bits per heavy atom. The molecule has 2 rings (SSSR count). The topological polar surface area (TPSA) is 17.1 Å². The molecule has 1 nitrogen and oxygen atoms in total. The quantitative estimate of drug-likeness (QED) is 0.654. The third kappa shape index (κ3) is 1.73. The molecule has 0 fully saturated rings. The maximum absolute atomic E-state index is 11.1. The summed E-state index contributed by atoms with van der Waals surface area (Å²) in [7, 11) is 0. The van der Waals surface area contributed by atoms with E-state index in [1.165, 1.54) is 10.8 Å². The van der Waals surface area contributed by atoms with Crippen molar-refractivity contribution >= 4 is 17.1 Å². The van der Waals surface area contributed by atoms with Crippen molar-refractivity contribution in [3.63, 3.8) is 0 Å². The Balaban J connectivity index is 2.89. The lowest BCUT2D eigenvalue weighted by molar-refractivity contribution is 0.112. The maximum Gasteiger partial charge on any atom is 0.150 e. The molecule has 0 amide bonds. The lowest BCUT2D eigenvalue weighted by Gasteiger charge is -2.23. The predicted molar refractivity (Wildman–Crippen MR) is 68.0 cm³/mol. The van der Waals surface area contributed by atoms with Gasteiger partial charge < -0.3 is 0 Å². The molecule has 0 unspecified atom stereocenters. The van der Waals surface area contributed by atoms with Gasteiger partial charge in [0.1, 0.15) is 6.29 Å². The molecule has 0 saturated carbocycles. The second-order valence-electron chi connectivity index (χ2n) is 5.12. The van der Waals surface area contributed by atoms with Crippen molar-refractivity contribution in [2.45, 2.75) is 26.2 Å². The zero-order valence-electron chi connectivity index (χ0n) is 9.95. The molecule has 0 spiro atoms. The second kappa shape index (κ2) is 3.75. The monoisotopic (exact) mass is 212 g/mol. The van der Waals surface area contributed by atoms with Crippen LogP contribution in [0.25, 0.3) is 10.8 Å². The Kier molecular flexibility index (Phi) is 2.55. The molecule has 82 valence electrons. The molecule has 0 heterocycles. The van der Waals surface area contributed by atoms with Gasteiger partial charge in [0.15, 0.2) is 0 Å². The van der Waals surface area contributed by atoms with E-state index in [1.54, 1.807) is 0 Å². The molecule has 1 heteroatoms. The zero-order chi connectivity index (χ0) is 11.8. The second-order valence-corrected chi connectivity index (χ2v) is 5.12. The Morgan fingerprint density at radius 3 is 2.31 bits per heavy atom. The number of aldehydes is 1. The number of fused-ring (bicyclic) bond motifs is 1. The predicted octanol–water partition coefficient (Wildman–Crippen LogP) is 3.95. The van der Waals surface area contributed by atoms with E-state index in [4.69, 9.17) is 0 Å². The number of carbonyl (C=O) groups excluding carboxylic acids is 1. The van der Waals surface area contributed by atoms with E-state index in [-0.39, 0.29) is 5.41 Å². The van der Waals surface area contributed by atoms with Crippen LogP contribution in [-0.2, 0) is 5.41 Å². The number of hydrogen-bond acceptors (Lipinski definition) is 1. The number of rotatable bonds is 1. The average Bonchev–Trinajstić information content (AvgIpc) is 2.26. The zero-order valence-corrected chi connectivity index (χ0v) is 9.95. The van der Waals surface area contributed by atoms with Crippen LogP contribution in [0.4, 0.5) is 0 Å². The summed E-state index contributed by atoms with van der Waals surface area (Å²) >= 11 is 0. The van der Waals surface area contributed by atoms with Crippen LogP contribution in [0.1, 0.15) is 36.7 Å². The van der Waals surface area contributed by atoms with Crippen LogP contribution in [0.15, 0.2) is 36.4 Å². The molecule has 0 aliphatic heterocycles. The van der Waals surface area contributed by atoms with Crippen molar-refractivity contribution < 1.29 is 4.79 Å². The van der Waals surface area contributed by atoms with Crippen molar-refractivity contribution in [3.8, 4) is 0 Å². The standard InChI is InChI=1S/C15H16O/c1-15(2,3)14-12(10-16)9-8-11-6-4-5-7-13(11)14/h4-10H,1-3H3. The van der Waals surface area contributed by atoms with Gasteiger partial charge in [-0.2, -0.15) is 0 Å². The fraction of sp³-hybridized carbons (Fsp3) is 0.267. The van der Waals surface area contributed by atoms with Gasteiger partial charge in [-0.25, -0.2) is 0 Å². The highest BCUT2D eigenvalue weighted by atomic mass is 16.1. The van der Waals surface area contributed by atoms with Gasteiger partial charge in [0.2, 0.25) is 0 Å². The molecule has 0 aliphatic rings. The molecule has 0 radical (unpaired) electrons. The molecule has 0 bridgehead atoms. The van der Waals surface area contributed by atoms with Crippen molar-refractivity contribution in [1.82, 2.24) is 0 Å². The average molecular weight is 212 g/mol. The highest BCUT2D eigenvalue weighted by Crippen LogP contribution is 2.32. The highest BCUT2D eigenvalue weighted by molar-refractivity contribution is 5.94. The molecule has 0 aliphatic carbocycles. The van der Waals surface area contributed by atoms with Gasteiger partial charge in [0.05, 0.1) is 0 Å². The van der Waals surface area contributed by atoms with Gasteiger partial charge in [-0.3, -0.25) is 4.79 Å².